The Kier molecular flexibility index (Phi) is 7.98. The fourth-order valence-electron chi connectivity index (χ4n) is 3.80. The van der Waals surface area contributed by atoms with Crippen molar-refractivity contribution in [1.29, 1.82) is 0 Å². The molecule has 0 radical (unpaired) electrons. The summed E-state index contributed by atoms with van der Waals surface area (Å²) >= 11 is 0. The molecule has 5 nitrogen and oxygen atoms in total. The largest absolute Gasteiger partial charge is 0.378 e. The summed E-state index contributed by atoms with van der Waals surface area (Å²) in [5, 5.41) is 0. The van der Waals surface area contributed by atoms with Gasteiger partial charge in [-0.15, -0.1) is 12.4 Å². The third-order valence-corrected chi connectivity index (χ3v) is 5.73. The maximum atomic E-state index is 13.0. The molecule has 3 unspecified atom stereocenters. The van der Waals surface area contributed by atoms with Crippen molar-refractivity contribution in [2.24, 2.45) is 11.1 Å². The van der Waals surface area contributed by atoms with E-state index in [9.17, 15) is 4.79 Å². The van der Waals surface area contributed by atoms with E-state index in [0.717, 1.165) is 45.4 Å². The maximum Gasteiger partial charge on any atom is 0.243 e. The summed E-state index contributed by atoms with van der Waals surface area (Å²) in [6, 6.07) is 0. The second kappa shape index (κ2) is 8.84. The van der Waals surface area contributed by atoms with E-state index in [-0.39, 0.29) is 35.9 Å². The molecular formula is C18H35ClN2O3. The van der Waals surface area contributed by atoms with Gasteiger partial charge >= 0.3 is 0 Å². The highest BCUT2D eigenvalue weighted by Crippen LogP contribution is 2.50. The molecule has 0 spiro atoms. The normalized spacial score (nSPS) is 32.5. The lowest BCUT2D eigenvalue weighted by Gasteiger charge is -2.58. The predicted octanol–water partition coefficient (Wildman–Crippen LogP) is 2.75. The van der Waals surface area contributed by atoms with Crippen LogP contribution < -0.4 is 5.73 Å². The average molecular weight is 363 g/mol. The molecular weight excluding hydrogens is 328 g/mol. The number of carbonyl (C=O) groups is 1. The zero-order chi connectivity index (χ0) is 17.1. The molecule has 1 saturated heterocycles. The number of nitrogens with zero attached hydrogens (tertiary/aromatic N) is 1. The monoisotopic (exact) mass is 362 g/mol. The van der Waals surface area contributed by atoms with Gasteiger partial charge in [-0.1, -0.05) is 20.8 Å². The highest BCUT2D eigenvalue weighted by molar-refractivity contribution is 5.89. The number of amides is 1. The molecule has 2 aliphatic rings. The Morgan fingerprint density at radius 3 is 2.50 bits per heavy atom. The Bertz CT molecular complexity index is 419. The molecule has 142 valence electrons. The van der Waals surface area contributed by atoms with Gasteiger partial charge in [0.2, 0.25) is 5.91 Å². The number of ether oxygens (including phenoxy) is 2. The van der Waals surface area contributed by atoms with Crippen LogP contribution in [0.1, 0.15) is 59.8 Å². The fraction of sp³-hybridized carbons (Fsp3) is 0.944. The van der Waals surface area contributed by atoms with Crippen LogP contribution in [0.2, 0.25) is 0 Å². The molecule has 3 atom stereocenters. The molecule has 0 bridgehead atoms. The van der Waals surface area contributed by atoms with Crippen molar-refractivity contribution >= 4 is 18.3 Å². The van der Waals surface area contributed by atoms with Crippen LogP contribution in [0.25, 0.3) is 0 Å². The highest BCUT2D eigenvalue weighted by Gasteiger charge is 2.63. The van der Waals surface area contributed by atoms with E-state index in [1.165, 1.54) is 0 Å². The topological polar surface area (TPSA) is 64.8 Å². The van der Waals surface area contributed by atoms with Gasteiger partial charge in [-0.3, -0.25) is 4.79 Å². The first-order valence-corrected chi connectivity index (χ1v) is 9.18. The van der Waals surface area contributed by atoms with E-state index < -0.39 is 5.54 Å². The summed E-state index contributed by atoms with van der Waals surface area (Å²) < 4.78 is 11.6. The summed E-state index contributed by atoms with van der Waals surface area (Å²) in [5.41, 5.74) is 5.43. The minimum absolute atomic E-state index is 0. The zero-order valence-electron chi connectivity index (χ0n) is 15.7. The third kappa shape index (κ3) is 4.06. The number of nitrogens with two attached hydrogens (primary N) is 1. The summed E-state index contributed by atoms with van der Waals surface area (Å²) in [5.74, 6) is 0.0922. The van der Waals surface area contributed by atoms with E-state index in [0.29, 0.717) is 13.0 Å². The molecule has 2 rings (SSSR count). The summed E-state index contributed by atoms with van der Waals surface area (Å²) in [7, 11) is 0. The van der Waals surface area contributed by atoms with Gasteiger partial charge in [0.05, 0.1) is 12.2 Å². The Morgan fingerprint density at radius 2 is 1.92 bits per heavy atom. The van der Waals surface area contributed by atoms with Crippen LogP contribution >= 0.6 is 12.4 Å². The molecule has 1 aliphatic carbocycles. The number of hydrogen-bond acceptors (Lipinski definition) is 4. The lowest BCUT2D eigenvalue weighted by Crippen LogP contribution is -2.76. The SMILES string of the molecule is CCCOC1CCCN(C(=O)C2(N)CC(OCC)C2(C)C)CC1.Cl. The standard InChI is InChI=1S/C18H34N2O3.ClH/c1-5-12-23-14-8-7-10-20(11-9-14)16(21)18(19)13-15(22-6-2)17(18,3)4;/h14-15H,5-13,19H2,1-4H3;1H. The van der Waals surface area contributed by atoms with E-state index in [1.54, 1.807) is 0 Å². The first kappa shape index (κ1) is 21.7. The van der Waals surface area contributed by atoms with E-state index >= 15 is 0 Å². The number of likely N-dealkylation sites (tertiary alicyclic amines) is 1. The van der Waals surface area contributed by atoms with Crippen LogP contribution in [0, 0.1) is 5.41 Å². The summed E-state index contributed by atoms with van der Waals surface area (Å²) in [4.78, 5) is 15.0. The molecule has 0 aromatic rings. The molecule has 2 fully saturated rings. The van der Waals surface area contributed by atoms with Crippen molar-refractivity contribution in [1.82, 2.24) is 4.90 Å². The quantitative estimate of drug-likeness (QED) is 0.789. The lowest BCUT2D eigenvalue weighted by atomic mass is 9.54. The number of halogens is 1. The lowest BCUT2D eigenvalue weighted by molar-refractivity contribution is -0.179. The van der Waals surface area contributed by atoms with Crippen molar-refractivity contribution in [3.8, 4) is 0 Å². The van der Waals surface area contributed by atoms with Gasteiger partial charge in [-0.05, 0) is 32.6 Å². The van der Waals surface area contributed by atoms with Crippen LogP contribution in [0.5, 0.6) is 0 Å². The van der Waals surface area contributed by atoms with Crippen LogP contribution in [0.15, 0.2) is 0 Å². The smallest absolute Gasteiger partial charge is 0.243 e. The summed E-state index contributed by atoms with van der Waals surface area (Å²) in [6.07, 6.45) is 4.97. The van der Waals surface area contributed by atoms with Crippen LogP contribution in [-0.4, -0.2) is 54.9 Å². The summed E-state index contributed by atoms with van der Waals surface area (Å²) in [6.45, 7) is 11.2. The van der Waals surface area contributed by atoms with E-state index in [4.69, 9.17) is 15.2 Å². The molecule has 1 saturated carbocycles. The van der Waals surface area contributed by atoms with Gasteiger partial charge in [-0.2, -0.15) is 0 Å². The van der Waals surface area contributed by atoms with Crippen molar-refractivity contribution in [2.45, 2.75) is 77.5 Å². The molecule has 0 aromatic carbocycles. The van der Waals surface area contributed by atoms with Crippen molar-refractivity contribution in [2.75, 3.05) is 26.3 Å². The Morgan fingerprint density at radius 1 is 1.21 bits per heavy atom. The molecule has 24 heavy (non-hydrogen) atoms. The van der Waals surface area contributed by atoms with Crippen molar-refractivity contribution in [3.63, 3.8) is 0 Å². The molecule has 0 aromatic heterocycles. The van der Waals surface area contributed by atoms with Crippen molar-refractivity contribution in [3.05, 3.63) is 0 Å². The second-order valence-corrected chi connectivity index (χ2v) is 7.56. The maximum absolute atomic E-state index is 13.0. The zero-order valence-corrected chi connectivity index (χ0v) is 16.5. The molecule has 6 heteroatoms. The average Bonchev–Trinajstić information content (AvgIpc) is 2.77. The van der Waals surface area contributed by atoms with Crippen LogP contribution in [0.3, 0.4) is 0 Å². The van der Waals surface area contributed by atoms with Gasteiger partial charge in [0.1, 0.15) is 5.54 Å². The van der Waals surface area contributed by atoms with E-state index in [2.05, 4.69) is 20.8 Å². The third-order valence-electron chi connectivity index (χ3n) is 5.73. The molecule has 2 N–H and O–H groups in total. The van der Waals surface area contributed by atoms with Gasteiger partial charge < -0.3 is 20.1 Å². The highest BCUT2D eigenvalue weighted by atomic mass is 35.5. The van der Waals surface area contributed by atoms with E-state index in [1.807, 2.05) is 11.8 Å². The van der Waals surface area contributed by atoms with Gasteiger partial charge in [0.25, 0.3) is 0 Å². The van der Waals surface area contributed by atoms with Gasteiger partial charge in [0.15, 0.2) is 0 Å². The molecule has 1 aliphatic heterocycles. The molecule has 1 heterocycles. The molecule has 1 amide bonds. The number of carbonyl (C=O) groups excluding carboxylic acids is 1. The first-order valence-electron chi connectivity index (χ1n) is 9.18. The Hall–Kier alpha value is -0.360. The van der Waals surface area contributed by atoms with Crippen LogP contribution in [-0.2, 0) is 14.3 Å². The van der Waals surface area contributed by atoms with Gasteiger partial charge in [0, 0.05) is 38.1 Å². The first-order chi connectivity index (χ1) is 10.9. The fourth-order valence-corrected chi connectivity index (χ4v) is 3.80. The second-order valence-electron chi connectivity index (χ2n) is 7.56. The van der Waals surface area contributed by atoms with Gasteiger partial charge in [-0.25, -0.2) is 0 Å². The number of rotatable bonds is 6. The number of hydrogen-bond donors (Lipinski definition) is 1. The minimum atomic E-state index is -0.795. The minimum Gasteiger partial charge on any atom is -0.378 e. The Balaban J connectivity index is 0.00000288. The Labute approximate surface area is 153 Å². The predicted molar refractivity (Wildman–Crippen MR) is 98.4 cm³/mol. The van der Waals surface area contributed by atoms with Crippen molar-refractivity contribution < 1.29 is 14.3 Å². The van der Waals surface area contributed by atoms with Crippen LogP contribution in [0.4, 0.5) is 0 Å².